The molecule has 4 aromatic rings. The van der Waals surface area contributed by atoms with Crippen molar-refractivity contribution < 1.29 is 38.1 Å². The molecule has 0 aromatic heterocycles. The van der Waals surface area contributed by atoms with Crippen LogP contribution in [0.25, 0.3) is 0 Å². The number of hydrogen-bond donors (Lipinski definition) is 0. The van der Waals surface area contributed by atoms with Gasteiger partial charge in [0, 0.05) is 11.6 Å². The van der Waals surface area contributed by atoms with E-state index < -0.39 is 17.9 Å². The van der Waals surface area contributed by atoms with Gasteiger partial charge in [-0.25, -0.2) is 14.4 Å². The second-order valence-corrected chi connectivity index (χ2v) is 12.9. The van der Waals surface area contributed by atoms with Gasteiger partial charge in [0.2, 0.25) is 0 Å². The van der Waals surface area contributed by atoms with Crippen LogP contribution in [0.3, 0.4) is 0 Å². The van der Waals surface area contributed by atoms with Crippen molar-refractivity contribution in [1.29, 1.82) is 0 Å². The normalized spacial score (nSPS) is 10.7. The third-order valence-electron chi connectivity index (χ3n) is 8.67. The maximum absolute atomic E-state index is 12.8. The molecule has 0 aliphatic heterocycles. The minimum atomic E-state index is -0.643. The highest BCUT2D eigenvalue weighted by atomic mass is 16.5. The fourth-order valence-corrected chi connectivity index (χ4v) is 5.63. The lowest BCUT2D eigenvalue weighted by atomic mass is 10.0. The molecule has 0 aliphatic carbocycles. The van der Waals surface area contributed by atoms with Crippen molar-refractivity contribution in [2.24, 2.45) is 0 Å². The van der Waals surface area contributed by atoms with Crippen LogP contribution in [0.4, 0.5) is 0 Å². The van der Waals surface area contributed by atoms with Gasteiger partial charge < -0.3 is 18.9 Å². The number of ether oxygens (including phenoxy) is 4. The van der Waals surface area contributed by atoms with E-state index in [9.17, 15) is 19.2 Å². The van der Waals surface area contributed by atoms with E-state index in [0.29, 0.717) is 29.8 Å². The molecule has 0 fully saturated rings. The predicted octanol–water partition coefficient (Wildman–Crippen LogP) is 11.0. The Bertz CT molecular complexity index is 1680. The van der Waals surface area contributed by atoms with Crippen LogP contribution in [0.5, 0.6) is 23.0 Å². The van der Waals surface area contributed by atoms with Crippen LogP contribution in [-0.4, -0.2) is 30.8 Å². The number of rotatable bonds is 23. The minimum absolute atomic E-state index is 0.175. The maximum atomic E-state index is 12.8. The topological polar surface area (TPSA) is 105 Å². The van der Waals surface area contributed by atoms with E-state index in [-0.39, 0.29) is 28.4 Å². The van der Waals surface area contributed by atoms with E-state index in [0.717, 1.165) is 12.8 Å². The van der Waals surface area contributed by atoms with E-state index in [2.05, 4.69) is 6.92 Å². The molecule has 4 aromatic carbocycles. The molecule has 0 saturated carbocycles. The highest BCUT2D eigenvalue weighted by Gasteiger charge is 2.14. The molecule has 0 bridgehead atoms. The van der Waals surface area contributed by atoms with Gasteiger partial charge in [-0.1, -0.05) is 109 Å². The highest BCUT2D eigenvalue weighted by Crippen LogP contribution is 2.23. The van der Waals surface area contributed by atoms with Crippen molar-refractivity contribution in [1.82, 2.24) is 0 Å². The molecule has 0 amide bonds. The number of carbonyl (C=O) groups is 4. The number of benzene rings is 4. The van der Waals surface area contributed by atoms with Gasteiger partial charge in [0.05, 0.1) is 23.3 Å². The summed E-state index contributed by atoms with van der Waals surface area (Å²) in [5, 5.41) is 0. The van der Waals surface area contributed by atoms with Crippen LogP contribution in [0.15, 0.2) is 97.1 Å². The summed E-state index contributed by atoms with van der Waals surface area (Å²) in [7, 11) is 0. The van der Waals surface area contributed by atoms with Crippen LogP contribution < -0.4 is 18.9 Å². The first-order valence-corrected chi connectivity index (χ1v) is 18.6. The zero-order valence-electron chi connectivity index (χ0n) is 30.2. The molecular formula is C44H50O8. The molecule has 8 heteroatoms. The Labute approximate surface area is 307 Å². The minimum Gasteiger partial charge on any atom is -0.494 e. The average molecular weight is 707 g/mol. The lowest BCUT2D eigenvalue weighted by Gasteiger charge is -2.09. The van der Waals surface area contributed by atoms with Crippen molar-refractivity contribution in [2.75, 3.05) is 6.61 Å². The molecule has 8 nitrogen and oxygen atoms in total. The van der Waals surface area contributed by atoms with Crippen LogP contribution in [0.2, 0.25) is 0 Å². The Hall–Kier alpha value is -5.24. The monoisotopic (exact) mass is 706 g/mol. The van der Waals surface area contributed by atoms with Gasteiger partial charge in [0.1, 0.15) is 29.3 Å². The van der Waals surface area contributed by atoms with Crippen LogP contribution in [0, 0.1) is 0 Å². The van der Waals surface area contributed by atoms with Gasteiger partial charge >= 0.3 is 17.9 Å². The molecule has 0 radical (unpaired) electrons. The Balaban J connectivity index is 1.11. The molecule has 0 saturated heterocycles. The van der Waals surface area contributed by atoms with E-state index in [4.69, 9.17) is 18.9 Å². The number of aldehydes is 1. The highest BCUT2D eigenvalue weighted by molar-refractivity contribution is 5.93. The Morgan fingerprint density at radius 2 is 0.846 bits per heavy atom. The fraction of sp³-hybridized carbons (Fsp3) is 0.364. The number of unbranched alkanes of at least 4 members (excludes halogenated alkanes) is 13. The molecule has 0 N–H and O–H groups in total. The second kappa shape index (κ2) is 22.6. The molecule has 0 spiro atoms. The van der Waals surface area contributed by atoms with E-state index in [1.54, 1.807) is 42.5 Å². The van der Waals surface area contributed by atoms with E-state index >= 15 is 0 Å². The van der Waals surface area contributed by atoms with Crippen molar-refractivity contribution in [2.45, 2.75) is 96.8 Å². The first kappa shape index (κ1) is 39.5. The maximum Gasteiger partial charge on any atom is 0.343 e. The number of esters is 3. The van der Waals surface area contributed by atoms with Gasteiger partial charge in [-0.3, -0.25) is 4.79 Å². The summed E-state index contributed by atoms with van der Waals surface area (Å²) >= 11 is 0. The lowest BCUT2D eigenvalue weighted by Crippen LogP contribution is -2.11. The zero-order chi connectivity index (χ0) is 36.8. The van der Waals surface area contributed by atoms with Crippen LogP contribution in [-0.2, 0) is 0 Å². The summed E-state index contributed by atoms with van der Waals surface area (Å²) in [6, 6.07) is 25.0. The Kier molecular flexibility index (Phi) is 17.1. The first-order chi connectivity index (χ1) is 25.4. The van der Waals surface area contributed by atoms with Gasteiger partial charge in [0.15, 0.2) is 0 Å². The molecule has 0 aliphatic rings. The van der Waals surface area contributed by atoms with Gasteiger partial charge in [-0.2, -0.15) is 0 Å². The summed E-state index contributed by atoms with van der Waals surface area (Å²) in [5.74, 6) is -0.449. The lowest BCUT2D eigenvalue weighted by molar-refractivity contribution is 0.0723. The second-order valence-electron chi connectivity index (χ2n) is 12.9. The van der Waals surface area contributed by atoms with Gasteiger partial charge in [-0.05, 0) is 79.2 Å². The summed E-state index contributed by atoms with van der Waals surface area (Å²) < 4.78 is 22.2. The first-order valence-electron chi connectivity index (χ1n) is 18.6. The summed E-state index contributed by atoms with van der Waals surface area (Å²) in [6.45, 7) is 2.91. The Morgan fingerprint density at radius 1 is 0.462 bits per heavy atom. The number of hydrogen-bond acceptors (Lipinski definition) is 8. The summed E-state index contributed by atoms with van der Waals surface area (Å²) in [4.78, 5) is 48.8. The average Bonchev–Trinajstić information content (AvgIpc) is 3.17. The fourth-order valence-electron chi connectivity index (χ4n) is 5.63. The molecule has 52 heavy (non-hydrogen) atoms. The Morgan fingerprint density at radius 3 is 1.29 bits per heavy atom. The summed E-state index contributed by atoms with van der Waals surface area (Å²) in [6.07, 6.45) is 19.1. The van der Waals surface area contributed by atoms with Crippen LogP contribution >= 0.6 is 0 Å². The van der Waals surface area contributed by atoms with Crippen molar-refractivity contribution in [3.05, 3.63) is 119 Å². The zero-order valence-corrected chi connectivity index (χ0v) is 30.2. The standard InChI is InChI=1S/C44H50O8/c1-2-3-4-5-6-7-8-9-10-11-12-13-14-15-31-49-38-27-23-36(24-28-38)42(46)50-39-29-25-37(26-30-39)44(48)52-41-18-16-17-40(32-41)51-43(47)35-21-19-34(33-45)20-22-35/h16-30,32-33H,2-15,31H2,1H3. The third-order valence-corrected chi connectivity index (χ3v) is 8.67. The summed E-state index contributed by atoms with van der Waals surface area (Å²) in [5.41, 5.74) is 1.33. The van der Waals surface area contributed by atoms with Gasteiger partial charge in [0.25, 0.3) is 0 Å². The third kappa shape index (κ3) is 14.2. The largest absolute Gasteiger partial charge is 0.494 e. The SMILES string of the molecule is CCCCCCCCCCCCCCCCOc1ccc(C(=O)Oc2ccc(C(=O)Oc3cccc(OC(=O)c4ccc(C=O)cc4)c3)cc2)cc1. The number of carbonyl (C=O) groups excluding carboxylic acids is 4. The molecule has 4 rings (SSSR count). The predicted molar refractivity (Wildman–Crippen MR) is 202 cm³/mol. The van der Waals surface area contributed by atoms with Crippen LogP contribution in [0.1, 0.15) is 138 Å². The van der Waals surface area contributed by atoms with Gasteiger partial charge in [-0.15, -0.1) is 0 Å². The van der Waals surface area contributed by atoms with E-state index in [1.807, 2.05) is 0 Å². The van der Waals surface area contributed by atoms with E-state index in [1.165, 1.54) is 132 Å². The van der Waals surface area contributed by atoms with Crippen molar-refractivity contribution >= 4 is 24.2 Å². The molecule has 0 unspecified atom stereocenters. The van der Waals surface area contributed by atoms with Crippen molar-refractivity contribution in [3.63, 3.8) is 0 Å². The molecule has 274 valence electrons. The molecule has 0 heterocycles. The quantitative estimate of drug-likeness (QED) is 0.0325. The molecular weight excluding hydrogens is 656 g/mol. The molecule has 0 atom stereocenters. The van der Waals surface area contributed by atoms with Crippen molar-refractivity contribution in [3.8, 4) is 23.0 Å². The smallest absolute Gasteiger partial charge is 0.343 e.